The van der Waals surface area contributed by atoms with Crippen LogP contribution in [0.5, 0.6) is 5.75 Å². The monoisotopic (exact) mass is 315 g/mol. The Morgan fingerprint density at radius 2 is 2.00 bits per heavy atom. The maximum absolute atomic E-state index is 13.9. The Morgan fingerprint density at radius 3 is 2.59 bits per heavy atom. The molecule has 124 valence electrons. The van der Waals surface area contributed by atoms with Crippen molar-refractivity contribution in [3.05, 3.63) is 29.6 Å². The van der Waals surface area contributed by atoms with E-state index in [0.717, 1.165) is 0 Å². The highest BCUT2D eigenvalue weighted by Gasteiger charge is 2.40. The Hall–Kier alpha value is -1.25. The summed E-state index contributed by atoms with van der Waals surface area (Å²) in [6.07, 6.45) is -3.28. The molecular formula is C15H22FNO5. The highest BCUT2D eigenvalue weighted by atomic mass is 19.1. The number of aliphatic hydroxyl groups excluding tert-OH is 4. The predicted molar refractivity (Wildman–Crippen MR) is 77.1 cm³/mol. The number of hydrogen-bond acceptors (Lipinski definition) is 6. The van der Waals surface area contributed by atoms with Crippen LogP contribution in [0.15, 0.2) is 18.2 Å². The van der Waals surface area contributed by atoms with Gasteiger partial charge in [0.15, 0.2) is 0 Å². The average Bonchev–Trinajstić information content (AvgIpc) is 2.51. The molecule has 2 rings (SSSR count). The van der Waals surface area contributed by atoms with E-state index in [0.29, 0.717) is 24.3 Å². The molecule has 1 saturated heterocycles. The lowest BCUT2D eigenvalue weighted by molar-refractivity contribution is -0.144. The van der Waals surface area contributed by atoms with Crippen molar-refractivity contribution in [2.45, 2.75) is 30.8 Å². The van der Waals surface area contributed by atoms with E-state index in [4.69, 9.17) is 4.74 Å². The predicted octanol–water partition coefficient (Wildman–Crippen LogP) is -0.864. The Labute approximate surface area is 128 Å². The summed E-state index contributed by atoms with van der Waals surface area (Å²) < 4.78 is 18.8. The van der Waals surface area contributed by atoms with E-state index in [2.05, 4.69) is 0 Å². The van der Waals surface area contributed by atoms with Crippen LogP contribution in [-0.4, -0.2) is 76.5 Å². The first-order chi connectivity index (χ1) is 10.5. The van der Waals surface area contributed by atoms with Gasteiger partial charge in [0, 0.05) is 19.2 Å². The Bertz CT molecular complexity index is 501. The van der Waals surface area contributed by atoms with Crippen molar-refractivity contribution in [2.75, 3.05) is 26.8 Å². The van der Waals surface area contributed by atoms with Crippen molar-refractivity contribution in [1.29, 1.82) is 0 Å². The number of aliphatic hydroxyl groups is 4. The minimum Gasteiger partial charge on any atom is -0.497 e. The summed E-state index contributed by atoms with van der Waals surface area (Å²) >= 11 is 0. The van der Waals surface area contributed by atoms with Gasteiger partial charge in [-0.1, -0.05) is 6.07 Å². The standard InChI is InChI=1S/C15H22FNO5/c1-22-10-3-2-9(11(16)6-10)4-5-17-7-13(19)15(21)14(20)12(17)8-18/h2-3,6,12-15,18-21H,4-5,7-8H2,1H3/t12-,13+,14-,15-/m1/s1. The Morgan fingerprint density at radius 1 is 1.27 bits per heavy atom. The van der Waals surface area contributed by atoms with Gasteiger partial charge in [-0.25, -0.2) is 4.39 Å². The van der Waals surface area contributed by atoms with Crippen molar-refractivity contribution >= 4 is 0 Å². The summed E-state index contributed by atoms with van der Waals surface area (Å²) in [5, 5.41) is 38.6. The second-order valence-electron chi connectivity index (χ2n) is 5.50. The Kier molecular flexibility index (Phi) is 5.71. The number of rotatable bonds is 5. The highest BCUT2D eigenvalue weighted by Crippen LogP contribution is 2.21. The van der Waals surface area contributed by atoms with Crippen LogP contribution in [0.25, 0.3) is 0 Å². The first-order valence-corrected chi connectivity index (χ1v) is 7.19. The summed E-state index contributed by atoms with van der Waals surface area (Å²) in [4.78, 5) is 1.66. The third-order valence-electron chi connectivity index (χ3n) is 4.14. The number of hydrogen-bond donors (Lipinski definition) is 4. The molecule has 6 nitrogen and oxygen atoms in total. The molecule has 4 N–H and O–H groups in total. The second kappa shape index (κ2) is 7.34. The van der Waals surface area contributed by atoms with Crippen molar-refractivity contribution in [3.63, 3.8) is 0 Å². The van der Waals surface area contributed by atoms with Gasteiger partial charge in [-0.05, 0) is 18.1 Å². The molecule has 0 aromatic heterocycles. The third-order valence-corrected chi connectivity index (χ3v) is 4.14. The molecule has 0 spiro atoms. The molecule has 0 unspecified atom stereocenters. The molecule has 1 fully saturated rings. The number of likely N-dealkylation sites (tertiary alicyclic amines) is 1. The lowest BCUT2D eigenvalue weighted by atomic mass is 9.94. The van der Waals surface area contributed by atoms with Crippen LogP contribution in [-0.2, 0) is 6.42 Å². The summed E-state index contributed by atoms with van der Waals surface area (Å²) in [7, 11) is 1.46. The van der Waals surface area contributed by atoms with Crippen LogP contribution in [0, 0.1) is 5.82 Å². The molecule has 0 aliphatic carbocycles. The molecule has 4 atom stereocenters. The van der Waals surface area contributed by atoms with E-state index < -0.39 is 30.2 Å². The van der Waals surface area contributed by atoms with E-state index in [1.54, 1.807) is 17.0 Å². The topological polar surface area (TPSA) is 93.4 Å². The van der Waals surface area contributed by atoms with Crippen LogP contribution < -0.4 is 4.74 Å². The van der Waals surface area contributed by atoms with Gasteiger partial charge in [0.1, 0.15) is 23.8 Å². The fraction of sp³-hybridized carbons (Fsp3) is 0.600. The molecule has 0 bridgehead atoms. The molecule has 0 amide bonds. The first kappa shape index (κ1) is 17.1. The minimum atomic E-state index is -1.29. The zero-order chi connectivity index (χ0) is 16.3. The number of benzene rings is 1. The van der Waals surface area contributed by atoms with Gasteiger partial charge >= 0.3 is 0 Å². The van der Waals surface area contributed by atoms with Gasteiger partial charge in [-0.3, -0.25) is 4.90 Å². The van der Waals surface area contributed by atoms with E-state index in [1.165, 1.54) is 13.2 Å². The van der Waals surface area contributed by atoms with Crippen molar-refractivity contribution in [2.24, 2.45) is 0 Å². The molecule has 1 aliphatic rings. The van der Waals surface area contributed by atoms with Crippen LogP contribution >= 0.6 is 0 Å². The van der Waals surface area contributed by atoms with E-state index in [-0.39, 0.29) is 13.2 Å². The normalized spacial score (nSPS) is 29.5. The SMILES string of the molecule is COc1ccc(CCN2C[C@H](O)[C@@H](O)[C@H](O)[C@H]2CO)c(F)c1. The number of ether oxygens (including phenoxy) is 1. The van der Waals surface area contributed by atoms with Crippen LogP contribution in [0.2, 0.25) is 0 Å². The minimum absolute atomic E-state index is 0.112. The maximum Gasteiger partial charge on any atom is 0.130 e. The molecule has 1 aliphatic heterocycles. The van der Waals surface area contributed by atoms with E-state index in [9.17, 15) is 24.8 Å². The number of β-amino-alcohol motifs (C(OH)–C–C–N with tert-alkyl or cyclic N) is 1. The first-order valence-electron chi connectivity index (χ1n) is 7.19. The molecule has 7 heteroatoms. The van der Waals surface area contributed by atoms with E-state index in [1.807, 2.05) is 0 Å². The summed E-state index contributed by atoms with van der Waals surface area (Å²) in [5.41, 5.74) is 0.479. The summed E-state index contributed by atoms with van der Waals surface area (Å²) in [6, 6.07) is 3.89. The molecule has 0 radical (unpaired) electrons. The van der Waals surface area contributed by atoms with Crippen molar-refractivity contribution in [1.82, 2.24) is 4.90 Å². The van der Waals surface area contributed by atoms with Crippen LogP contribution in [0.3, 0.4) is 0 Å². The third kappa shape index (κ3) is 3.56. The number of halogens is 1. The zero-order valence-electron chi connectivity index (χ0n) is 12.4. The molecule has 1 aromatic carbocycles. The quantitative estimate of drug-likeness (QED) is 0.565. The van der Waals surface area contributed by atoms with Gasteiger partial charge < -0.3 is 25.2 Å². The lowest BCUT2D eigenvalue weighted by Gasteiger charge is -2.43. The van der Waals surface area contributed by atoms with Gasteiger partial charge in [0.05, 0.1) is 25.9 Å². The lowest BCUT2D eigenvalue weighted by Crippen LogP contribution is -2.62. The molecule has 22 heavy (non-hydrogen) atoms. The number of piperidine rings is 1. The van der Waals surface area contributed by atoms with Crippen molar-refractivity contribution in [3.8, 4) is 5.75 Å². The zero-order valence-corrected chi connectivity index (χ0v) is 12.4. The van der Waals surface area contributed by atoms with Crippen LogP contribution in [0.1, 0.15) is 5.56 Å². The second-order valence-corrected chi connectivity index (χ2v) is 5.50. The van der Waals surface area contributed by atoms with Crippen molar-refractivity contribution < 1.29 is 29.6 Å². The molecular weight excluding hydrogens is 293 g/mol. The van der Waals surface area contributed by atoms with Gasteiger partial charge in [-0.2, -0.15) is 0 Å². The fourth-order valence-electron chi connectivity index (χ4n) is 2.76. The largest absolute Gasteiger partial charge is 0.497 e. The molecule has 0 saturated carbocycles. The van der Waals surface area contributed by atoms with Gasteiger partial charge in [0.2, 0.25) is 0 Å². The highest BCUT2D eigenvalue weighted by molar-refractivity contribution is 5.29. The summed E-state index contributed by atoms with van der Waals surface area (Å²) in [5.74, 6) is 0.0412. The number of nitrogens with zero attached hydrogens (tertiary/aromatic N) is 1. The molecule has 1 heterocycles. The summed E-state index contributed by atoms with van der Waals surface area (Å²) in [6.45, 7) is 0.104. The number of methoxy groups -OCH3 is 1. The van der Waals surface area contributed by atoms with E-state index >= 15 is 0 Å². The van der Waals surface area contributed by atoms with Crippen LogP contribution in [0.4, 0.5) is 4.39 Å². The average molecular weight is 315 g/mol. The fourth-order valence-corrected chi connectivity index (χ4v) is 2.76. The van der Waals surface area contributed by atoms with Gasteiger partial charge in [-0.15, -0.1) is 0 Å². The smallest absolute Gasteiger partial charge is 0.130 e. The Balaban J connectivity index is 2.03. The maximum atomic E-state index is 13.9. The molecule has 1 aromatic rings. The van der Waals surface area contributed by atoms with Gasteiger partial charge in [0.25, 0.3) is 0 Å².